The van der Waals surface area contributed by atoms with Crippen molar-refractivity contribution in [2.45, 2.75) is 13.8 Å². The molecular formula is C11H15NO3S. The molecule has 0 saturated heterocycles. The van der Waals surface area contributed by atoms with E-state index in [9.17, 15) is 10.1 Å². The van der Waals surface area contributed by atoms with E-state index < -0.39 is 4.92 Å². The van der Waals surface area contributed by atoms with E-state index >= 15 is 0 Å². The molecule has 0 saturated carbocycles. The molecule has 0 unspecified atom stereocenters. The molecule has 0 aromatic heterocycles. The summed E-state index contributed by atoms with van der Waals surface area (Å²) in [4.78, 5) is 10.3. The second-order valence-electron chi connectivity index (χ2n) is 4.34. The van der Waals surface area contributed by atoms with Crippen molar-refractivity contribution >= 4 is 18.3 Å². The molecule has 0 bridgehead atoms. The molecule has 4 nitrogen and oxygen atoms in total. The lowest BCUT2D eigenvalue weighted by molar-refractivity contribution is -0.385. The van der Waals surface area contributed by atoms with E-state index in [2.05, 4.69) is 12.6 Å². The Bertz CT molecular complexity index is 379. The van der Waals surface area contributed by atoms with Crippen LogP contribution < -0.4 is 4.74 Å². The Morgan fingerprint density at radius 1 is 1.44 bits per heavy atom. The highest BCUT2D eigenvalue weighted by Gasteiger charge is 2.20. The van der Waals surface area contributed by atoms with Gasteiger partial charge in [0, 0.05) is 11.5 Å². The van der Waals surface area contributed by atoms with E-state index in [0.717, 1.165) is 0 Å². The van der Waals surface area contributed by atoms with Gasteiger partial charge in [0.1, 0.15) is 0 Å². The number of thiol groups is 1. The Morgan fingerprint density at radius 2 is 2.06 bits per heavy atom. The van der Waals surface area contributed by atoms with Crippen LogP contribution in [-0.2, 0) is 0 Å². The molecule has 1 aromatic rings. The standard InChI is InChI=1S/C11H15NO3S/c1-11(2,8-16)7-15-10-6-4-3-5-9(10)12(13)14/h3-6,16H,7-8H2,1-2H3. The molecule has 1 aromatic carbocycles. The molecule has 0 fully saturated rings. The Morgan fingerprint density at radius 3 is 2.62 bits per heavy atom. The van der Waals surface area contributed by atoms with Gasteiger partial charge in [-0.1, -0.05) is 26.0 Å². The second-order valence-corrected chi connectivity index (χ2v) is 4.65. The van der Waals surface area contributed by atoms with Crippen LogP contribution in [0.5, 0.6) is 5.75 Å². The maximum absolute atomic E-state index is 10.7. The Kier molecular flexibility index (Phi) is 4.18. The minimum absolute atomic E-state index is 0.00235. The molecule has 0 N–H and O–H groups in total. The summed E-state index contributed by atoms with van der Waals surface area (Å²) in [5, 5.41) is 10.7. The highest BCUT2D eigenvalue weighted by Crippen LogP contribution is 2.28. The molecule has 0 aliphatic heterocycles. The fraction of sp³-hybridized carbons (Fsp3) is 0.455. The number of hydrogen-bond acceptors (Lipinski definition) is 4. The lowest BCUT2D eigenvalue weighted by atomic mass is 9.98. The van der Waals surface area contributed by atoms with Gasteiger partial charge >= 0.3 is 5.69 Å². The summed E-state index contributed by atoms with van der Waals surface area (Å²) in [5.41, 5.74) is -0.107. The molecule has 0 heterocycles. The van der Waals surface area contributed by atoms with E-state index in [1.165, 1.54) is 6.07 Å². The summed E-state index contributed by atoms with van der Waals surface area (Å²) in [6.07, 6.45) is 0. The maximum Gasteiger partial charge on any atom is 0.310 e. The zero-order valence-corrected chi connectivity index (χ0v) is 10.2. The number of ether oxygens (including phenoxy) is 1. The number of nitro benzene ring substituents is 1. The molecular weight excluding hydrogens is 226 g/mol. The van der Waals surface area contributed by atoms with Crippen LogP contribution in [0.3, 0.4) is 0 Å². The summed E-state index contributed by atoms with van der Waals surface area (Å²) < 4.78 is 5.46. The highest BCUT2D eigenvalue weighted by atomic mass is 32.1. The normalized spacial score (nSPS) is 11.2. The highest BCUT2D eigenvalue weighted by molar-refractivity contribution is 7.80. The Hall–Kier alpha value is -1.23. The van der Waals surface area contributed by atoms with Crippen molar-refractivity contribution in [3.8, 4) is 5.75 Å². The molecule has 1 rings (SSSR count). The van der Waals surface area contributed by atoms with Gasteiger partial charge in [0.05, 0.1) is 11.5 Å². The average Bonchev–Trinajstić information content (AvgIpc) is 2.27. The van der Waals surface area contributed by atoms with Crippen LogP contribution in [0.15, 0.2) is 24.3 Å². The molecule has 16 heavy (non-hydrogen) atoms. The van der Waals surface area contributed by atoms with E-state index in [0.29, 0.717) is 18.1 Å². The first-order valence-corrected chi connectivity index (χ1v) is 5.56. The number of para-hydroxylation sites is 2. The van der Waals surface area contributed by atoms with Crippen molar-refractivity contribution in [2.75, 3.05) is 12.4 Å². The van der Waals surface area contributed by atoms with Gasteiger partial charge < -0.3 is 4.74 Å². The van der Waals surface area contributed by atoms with Crippen LogP contribution >= 0.6 is 12.6 Å². The summed E-state index contributed by atoms with van der Waals surface area (Å²) in [6, 6.07) is 6.38. The molecule has 0 spiro atoms. The minimum Gasteiger partial charge on any atom is -0.486 e. The maximum atomic E-state index is 10.7. The third kappa shape index (κ3) is 3.41. The smallest absolute Gasteiger partial charge is 0.310 e. The first-order valence-electron chi connectivity index (χ1n) is 4.93. The third-order valence-corrected chi connectivity index (χ3v) is 2.96. The summed E-state index contributed by atoms with van der Waals surface area (Å²) >= 11 is 4.20. The first kappa shape index (κ1) is 12.8. The number of hydrogen-bond donors (Lipinski definition) is 1. The molecule has 5 heteroatoms. The molecule has 0 aliphatic rings. The quantitative estimate of drug-likeness (QED) is 0.490. The second kappa shape index (κ2) is 5.21. The molecule has 0 amide bonds. The molecule has 88 valence electrons. The predicted molar refractivity (Wildman–Crippen MR) is 66.2 cm³/mol. The van der Waals surface area contributed by atoms with E-state index in [4.69, 9.17) is 4.74 Å². The van der Waals surface area contributed by atoms with Gasteiger partial charge in [-0.3, -0.25) is 10.1 Å². The Balaban J connectivity index is 2.78. The van der Waals surface area contributed by atoms with Crippen molar-refractivity contribution in [1.29, 1.82) is 0 Å². The predicted octanol–water partition coefficient (Wildman–Crippen LogP) is 2.93. The van der Waals surface area contributed by atoms with Crippen molar-refractivity contribution in [3.05, 3.63) is 34.4 Å². The van der Waals surface area contributed by atoms with Crippen molar-refractivity contribution in [2.24, 2.45) is 5.41 Å². The van der Waals surface area contributed by atoms with Gasteiger partial charge in [0.2, 0.25) is 0 Å². The van der Waals surface area contributed by atoms with Crippen LogP contribution in [0.1, 0.15) is 13.8 Å². The van der Waals surface area contributed by atoms with Crippen LogP contribution in [0.25, 0.3) is 0 Å². The van der Waals surface area contributed by atoms with Crippen molar-refractivity contribution in [3.63, 3.8) is 0 Å². The number of nitro groups is 1. The van der Waals surface area contributed by atoms with Crippen molar-refractivity contribution < 1.29 is 9.66 Å². The van der Waals surface area contributed by atoms with Gasteiger partial charge in [-0.15, -0.1) is 0 Å². The monoisotopic (exact) mass is 241 g/mol. The van der Waals surface area contributed by atoms with E-state index in [1.807, 2.05) is 13.8 Å². The Labute approximate surface area is 100 Å². The van der Waals surface area contributed by atoms with E-state index in [-0.39, 0.29) is 11.1 Å². The third-order valence-electron chi connectivity index (χ3n) is 2.11. The first-order chi connectivity index (χ1) is 7.46. The van der Waals surface area contributed by atoms with Gasteiger partial charge in [-0.05, 0) is 11.8 Å². The molecule has 0 radical (unpaired) electrons. The van der Waals surface area contributed by atoms with Crippen molar-refractivity contribution in [1.82, 2.24) is 0 Å². The summed E-state index contributed by atoms with van der Waals surface area (Å²) in [6.45, 7) is 4.39. The van der Waals surface area contributed by atoms with Gasteiger partial charge in [-0.25, -0.2) is 0 Å². The fourth-order valence-electron chi connectivity index (χ4n) is 1.05. The van der Waals surface area contributed by atoms with Crippen LogP contribution in [0.4, 0.5) is 5.69 Å². The van der Waals surface area contributed by atoms with Crippen LogP contribution in [0, 0.1) is 15.5 Å². The number of benzene rings is 1. The summed E-state index contributed by atoms with van der Waals surface area (Å²) in [7, 11) is 0. The number of nitrogens with zero attached hydrogens (tertiary/aromatic N) is 1. The van der Waals surface area contributed by atoms with Gasteiger partial charge in [0.25, 0.3) is 0 Å². The van der Waals surface area contributed by atoms with Gasteiger partial charge in [0.15, 0.2) is 5.75 Å². The molecule has 0 aliphatic carbocycles. The number of rotatable bonds is 5. The van der Waals surface area contributed by atoms with Crippen LogP contribution in [0.2, 0.25) is 0 Å². The minimum atomic E-state index is -0.441. The average molecular weight is 241 g/mol. The lowest BCUT2D eigenvalue weighted by Gasteiger charge is -2.21. The van der Waals surface area contributed by atoms with E-state index in [1.54, 1.807) is 18.2 Å². The zero-order valence-electron chi connectivity index (χ0n) is 9.34. The SMILES string of the molecule is CC(C)(CS)COc1ccccc1[N+](=O)[O-]. The fourth-order valence-corrected chi connectivity index (χ4v) is 1.14. The largest absolute Gasteiger partial charge is 0.486 e. The summed E-state index contributed by atoms with van der Waals surface area (Å²) in [5.74, 6) is 0.968. The lowest BCUT2D eigenvalue weighted by Crippen LogP contribution is -2.23. The van der Waals surface area contributed by atoms with Crippen LogP contribution in [-0.4, -0.2) is 17.3 Å². The van der Waals surface area contributed by atoms with Gasteiger partial charge in [-0.2, -0.15) is 12.6 Å². The topological polar surface area (TPSA) is 52.4 Å². The zero-order chi connectivity index (χ0) is 12.2. The molecule has 0 atom stereocenters.